The summed E-state index contributed by atoms with van der Waals surface area (Å²) in [5, 5.41) is 2.91. The molecule has 0 saturated carbocycles. The van der Waals surface area contributed by atoms with E-state index in [-0.39, 0.29) is 23.7 Å². The van der Waals surface area contributed by atoms with Crippen LogP contribution < -0.4 is 5.32 Å². The molecule has 2 rings (SSSR count). The van der Waals surface area contributed by atoms with Gasteiger partial charge in [-0.25, -0.2) is 12.8 Å². The van der Waals surface area contributed by atoms with Gasteiger partial charge in [-0.15, -0.1) is 0 Å². The van der Waals surface area contributed by atoms with Gasteiger partial charge in [0.15, 0.2) is 16.4 Å². The van der Waals surface area contributed by atoms with Gasteiger partial charge in [0.2, 0.25) is 0 Å². The van der Waals surface area contributed by atoms with Crippen LogP contribution in [0.1, 0.15) is 12.0 Å². The molecule has 0 aliphatic carbocycles. The Bertz CT molecular complexity index is 898. The van der Waals surface area contributed by atoms with Gasteiger partial charge < -0.3 is 10.1 Å². The van der Waals surface area contributed by atoms with Crippen molar-refractivity contribution in [2.75, 3.05) is 12.4 Å². The number of esters is 1. The first kappa shape index (κ1) is 20.9. The van der Waals surface area contributed by atoms with Crippen molar-refractivity contribution in [3.05, 3.63) is 64.9 Å². The second-order valence-corrected chi connectivity index (χ2v) is 8.13. The number of carbonyl (C=O) groups excluding carboxylic acids is 2. The van der Waals surface area contributed by atoms with Crippen LogP contribution in [0.25, 0.3) is 0 Å². The molecule has 9 heteroatoms. The second-order valence-electron chi connectivity index (χ2n) is 5.59. The summed E-state index contributed by atoms with van der Waals surface area (Å²) in [6.45, 7) is -0.372. The Labute approximate surface area is 161 Å². The highest BCUT2D eigenvalue weighted by Crippen LogP contribution is 2.16. The van der Waals surface area contributed by atoms with Crippen LogP contribution in [0.2, 0.25) is 5.02 Å². The van der Waals surface area contributed by atoms with Crippen molar-refractivity contribution in [1.82, 2.24) is 5.32 Å². The molecule has 0 aliphatic rings. The predicted octanol–water partition coefficient (Wildman–Crippen LogP) is 2.50. The zero-order valence-corrected chi connectivity index (χ0v) is 15.7. The average molecular weight is 414 g/mol. The van der Waals surface area contributed by atoms with Crippen molar-refractivity contribution in [3.8, 4) is 0 Å². The van der Waals surface area contributed by atoms with Crippen molar-refractivity contribution >= 4 is 33.3 Å². The average Bonchev–Trinajstić information content (AvgIpc) is 2.64. The van der Waals surface area contributed by atoms with Crippen molar-refractivity contribution in [2.45, 2.75) is 17.9 Å². The van der Waals surface area contributed by atoms with Crippen molar-refractivity contribution in [2.24, 2.45) is 0 Å². The van der Waals surface area contributed by atoms with Crippen LogP contribution >= 0.6 is 11.6 Å². The molecule has 0 heterocycles. The summed E-state index contributed by atoms with van der Waals surface area (Å²) in [6.07, 6.45) is -0.379. The van der Waals surface area contributed by atoms with Gasteiger partial charge >= 0.3 is 5.97 Å². The van der Waals surface area contributed by atoms with Gasteiger partial charge in [-0.1, -0.05) is 23.7 Å². The van der Waals surface area contributed by atoms with Crippen LogP contribution in [0.3, 0.4) is 0 Å². The number of hydrogen-bond acceptors (Lipinski definition) is 5. The van der Waals surface area contributed by atoms with Crippen molar-refractivity contribution in [1.29, 1.82) is 0 Å². The molecule has 0 atom stereocenters. The highest BCUT2D eigenvalue weighted by molar-refractivity contribution is 7.91. The third-order valence-electron chi connectivity index (χ3n) is 3.51. The molecule has 0 fully saturated rings. The molecule has 27 heavy (non-hydrogen) atoms. The summed E-state index contributed by atoms with van der Waals surface area (Å²) in [5.41, 5.74) is 0.685. The van der Waals surface area contributed by atoms with Crippen LogP contribution in [0, 0.1) is 5.82 Å². The van der Waals surface area contributed by atoms with Gasteiger partial charge in [0.05, 0.1) is 17.1 Å². The topological polar surface area (TPSA) is 89.5 Å². The lowest BCUT2D eigenvalue weighted by Crippen LogP contribution is -2.28. The summed E-state index contributed by atoms with van der Waals surface area (Å²) < 4.78 is 41.8. The lowest BCUT2D eigenvalue weighted by Gasteiger charge is -2.07. The Kier molecular flexibility index (Phi) is 7.32. The Morgan fingerprint density at radius 2 is 1.67 bits per heavy atom. The Balaban J connectivity index is 1.72. The third-order valence-corrected chi connectivity index (χ3v) is 5.50. The van der Waals surface area contributed by atoms with Crippen molar-refractivity contribution in [3.63, 3.8) is 0 Å². The molecule has 6 nitrogen and oxygen atoms in total. The van der Waals surface area contributed by atoms with E-state index in [4.69, 9.17) is 16.3 Å². The molecule has 0 bridgehead atoms. The van der Waals surface area contributed by atoms with E-state index in [1.807, 2.05) is 0 Å². The van der Waals surface area contributed by atoms with E-state index in [0.717, 1.165) is 0 Å². The number of rotatable bonds is 8. The first-order valence-corrected chi connectivity index (χ1v) is 9.94. The van der Waals surface area contributed by atoms with E-state index < -0.39 is 34.1 Å². The molecular weight excluding hydrogens is 397 g/mol. The largest absolute Gasteiger partial charge is 0.456 e. The molecule has 0 radical (unpaired) electrons. The first-order valence-electron chi connectivity index (χ1n) is 7.91. The third kappa shape index (κ3) is 6.99. The molecule has 0 spiro atoms. The predicted molar refractivity (Wildman–Crippen MR) is 97.3 cm³/mol. The van der Waals surface area contributed by atoms with Crippen LogP contribution in [0.5, 0.6) is 0 Å². The summed E-state index contributed by atoms with van der Waals surface area (Å²) in [4.78, 5) is 23.4. The lowest BCUT2D eigenvalue weighted by molar-refractivity contribution is -0.148. The van der Waals surface area contributed by atoms with Crippen LogP contribution in [0.4, 0.5) is 4.39 Å². The zero-order valence-electron chi connectivity index (χ0n) is 14.2. The number of halogens is 2. The van der Waals surface area contributed by atoms with Gasteiger partial charge in [0.25, 0.3) is 5.91 Å². The monoisotopic (exact) mass is 413 g/mol. The Morgan fingerprint density at radius 1 is 1.04 bits per heavy atom. The van der Waals surface area contributed by atoms with E-state index in [2.05, 4.69) is 5.32 Å². The summed E-state index contributed by atoms with van der Waals surface area (Å²) in [6, 6.07) is 11.2. The van der Waals surface area contributed by atoms with E-state index in [0.29, 0.717) is 10.6 Å². The fourth-order valence-electron chi connectivity index (χ4n) is 2.05. The maximum atomic E-state index is 12.8. The van der Waals surface area contributed by atoms with Crippen LogP contribution in [-0.2, 0) is 30.7 Å². The van der Waals surface area contributed by atoms with Gasteiger partial charge in [-0.3, -0.25) is 9.59 Å². The minimum absolute atomic E-state index is 0.0525. The Hall–Kier alpha value is -2.45. The number of benzene rings is 2. The van der Waals surface area contributed by atoms with Crippen molar-refractivity contribution < 1.29 is 27.1 Å². The molecule has 1 N–H and O–H groups in total. The number of sulfone groups is 1. The number of ether oxygens (including phenoxy) is 1. The second kappa shape index (κ2) is 9.48. The maximum Gasteiger partial charge on any atom is 0.307 e. The van der Waals surface area contributed by atoms with Gasteiger partial charge in [-0.05, 0) is 42.0 Å². The molecule has 2 aromatic carbocycles. The lowest BCUT2D eigenvalue weighted by atomic mass is 10.2. The molecule has 2 aromatic rings. The van der Waals surface area contributed by atoms with E-state index in [1.54, 1.807) is 0 Å². The van der Waals surface area contributed by atoms with Crippen LogP contribution in [-0.4, -0.2) is 32.7 Å². The summed E-state index contributed by atoms with van der Waals surface area (Å²) in [5.74, 6) is -2.17. The summed E-state index contributed by atoms with van der Waals surface area (Å²) >= 11 is 5.71. The summed E-state index contributed by atoms with van der Waals surface area (Å²) in [7, 11) is -3.65. The molecule has 1 amide bonds. The number of hydrogen-bond donors (Lipinski definition) is 1. The molecule has 0 saturated heterocycles. The minimum Gasteiger partial charge on any atom is -0.456 e. The van der Waals surface area contributed by atoms with Crippen LogP contribution in [0.15, 0.2) is 53.4 Å². The molecule has 0 aromatic heterocycles. The molecule has 144 valence electrons. The standard InChI is InChI=1S/C18H17ClFNO5S/c19-14-3-7-16(8-4-14)27(24,25)10-9-18(23)26-12-17(22)21-11-13-1-5-15(20)6-2-13/h1-8H,9-12H2,(H,21,22). The highest BCUT2D eigenvalue weighted by Gasteiger charge is 2.17. The quantitative estimate of drug-likeness (QED) is 0.671. The fraction of sp³-hybridized carbons (Fsp3) is 0.222. The molecule has 0 aliphatic heterocycles. The Morgan fingerprint density at radius 3 is 2.30 bits per heavy atom. The highest BCUT2D eigenvalue weighted by atomic mass is 35.5. The van der Waals surface area contributed by atoms with E-state index in [9.17, 15) is 22.4 Å². The zero-order chi connectivity index (χ0) is 19.9. The van der Waals surface area contributed by atoms with Gasteiger partial charge in [0.1, 0.15) is 5.82 Å². The number of amides is 1. The smallest absolute Gasteiger partial charge is 0.307 e. The van der Waals surface area contributed by atoms with Gasteiger partial charge in [0, 0.05) is 11.6 Å². The number of carbonyl (C=O) groups is 2. The normalized spacial score (nSPS) is 11.0. The maximum absolute atomic E-state index is 12.8. The van der Waals surface area contributed by atoms with E-state index in [1.165, 1.54) is 48.5 Å². The van der Waals surface area contributed by atoms with E-state index >= 15 is 0 Å². The minimum atomic E-state index is -3.65. The SMILES string of the molecule is O=C(COC(=O)CCS(=O)(=O)c1ccc(Cl)cc1)NCc1ccc(F)cc1. The van der Waals surface area contributed by atoms with Gasteiger partial charge in [-0.2, -0.15) is 0 Å². The molecular formula is C18H17ClFNO5S. The molecule has 0 unspecified atom stereocenters. The number of nitrogens with one attached hydrogen (secondary N) is 1. The fourth-order valence-corrected chi connectivity index (χ4v) is 3.40. The first-order chi connectivity index (χ1) is 12.8.